The van der Waals surface area contributed by atoms with Crippen LogP contribution >= 0.6 is 0 Å². The summed E-state index contributed by atoms with van der Waals surface area (Å²) in [5, 5.41) is 12.3. The Balaban J connectivity index is 1.62. The van der Waals surface area contributed by atoms with Gasteiger partial charge < -0.3 is 15.2 Å². The van der Waals surface area contributed by atoms with E-state index in [0.29, 0.717) is 29.2 Å². The van der Waals surface area contributed by atoms with Crippen molar-refractivity contribution in [2.45, 2.75) is 12.8 Å². The Kier molecular flexibility index (Phi) is 5.28. The van der Waals surface area contributed by atoms with E-state index in [9.17, 15) is 18.7 Å². The number of carbonyl (C=O) groups is 1. The highest BCUT2D eigenvalue weighted by Gasteiger charge is 2.16. The van der Waals surface area contributed by atoms with Gasteiger partial charge in [0, 0.05) is 25.3 Å². The molecule has 1 saturated heterocycles. The molecule has 2 N–H and O–H groups in total. The van der Waals surface area contributed by atoms with Crippen LogP contribution in [0.15, 0.2) is 36.4 Å². The van der Waals surface area contributed by atoms with Crippen molar-refractivity contribution in [3.63, 3.8) is 0 Å². The van der Waals surface area contributed by atoms with Gasteiger partial charge in [-0.1, -0.05) is 12.1 Å². The van der Waals surface area contributed by atoms with Gasteiger partial charge in [-0.3, -0.25) is 4.79 Å². The summed E-state index contributed by atoms with van der Waals surface area (Å²) < 4.78 is 31.8. The first kappa shape index (κ1) is 17.4. The number of hydrogen-bond donors (Lipinski definition) is 2. The van der Waals surface area contributed by atoms with Crippen molar-refractivity contribution in [3.8, 4) is 16.9 Å². The molecular weight excluding hydrogens is 328 g/mol. The Morgan fingerprint density at radius 3 is 2.60 bits per heavy atom. The number of carbonyl (C=O) groups excluding carboxylic acids is 1. The van der Waals surface area contributed by atoms with Gasteiger partial charge in [-0.2, -0.15) is 4.39 Å². The molecule has 3 rings (SSSR count). The van der Waals surface area contributed by atoms with E-state index in [1.165, 1.54) is 0 Å². The third-order valence-corrected chi connectivity index (χ3v) is 4.35. The Morgan fingerprint density at radius 1 is 1.20 bits per heavy atom. The zero-order chi connectivity index (χ0) is 17.8. The van der Waals surface area contributed by atoms with Crippen LogP contribution in [0.3, 0.4) is 0 Å². The molecule has 1 atom stereocenters. The number of ether oxygens (including phenoxy) is 1. The normalized spacial score (nSPS) is 16.8. The highest BCUT2D eigenvalue weighted by molar-refractivity contribution is 5.94. The molecule has 6 heteroatoms. The van der Waals surface area contributed by atoms with E-state index in [-0.39, 0.29) is 5.91 Å². The van der Waals surface area contributed by atoms with Gasteiger partial charge in [0.2, 0.25) is 0 Å². The Bertz CT molecular complexity index is 733. The number of halogens is 2. The predicted molar refractivity (Wildman–Crippen MR) is 89.3 cm³/mol. The standard InChI is InChI=1S/C19H19F2NO3/c20-16-9-15(10-17(23)18(16)21)13-1-3-14(4-2-13)19(24)22-7-5-12-6-8-25-11-12/h1-4,9-10,12,23H,5-8,11H2,(H,22,24)/t12-/m0/s1. The van der Waals surface area contributed by atoms with E-state index in [0.717, 1.165) is 38.2 Å². The molecule has 25 heavy (non-hydrogen) atoms. The molecule has 1 heterocycles. The third-order valence-electron chi connectivity index (χ3n) is 4.35. The first-order valence-electron chi connectivity index (χ1n) is 8.19. The van der Waals surface area contributed by atoms with E-state index in [1.807, 2.05) is 0 Å². The zero-order valence-electron chi connectivity index (χ0n) is 13.6. The maximum Gasteiger partial charge on any atom is 0.251 e. The lowest BCUT2D eigenvalue weighted by Gasteiger charge is -2.09. The summed E-state index contributed by atoms with van der Waals surface area (Å²) in [5.41, 5.74) is 1.40. The first-order valence-corrected chi connectivity index (χ1v) is 8.19. The van der Waals surface area contributed by atoms with Gasteiger partial charge in [-0.15, -0.1) is 0 Å². The maximum absolute atomic E-state index is 13.4. The SMILES string of the molecule is O=C(NCC[C@H]1CCOC1)c1ccc(-c2cc(O)c(F)c(F)c2)cc1. The molecule has 0 aromatic heterocycles. The number of aromatic hydroxyl groups is 1. The number of benzene rings is 2. The summed E-state index contributed by atoms with van der Waals surface area (Å²) >= 11 is 0. The number of phenols is 1. The van der Waals surface area contributed by atoms with E-state index < -0.39 is 17.4 Å². The lowest BCUT2D eigenvalue weighted by atomic mass is 10.0. The number of nitrogens with one attached hydrogen (secondary N) is 1. The van der Waals surface area contributed by atoms with Gasteiger partial charge in [0.1, 0.15) is 0 Å². The number of hydrogen-bond acceptors (Lipinski definition) is 3. The van der Waals surface area contributed by atoms with Crippen LogP contribution in [0, 0.1) is 17.6 Å². The number of phenolic OH excluding ortho intramolecular Hbond substituents is 1. The molecule has 132 valence electrons. The molecule has 1 amide bonds. The number of amides is 1. The third kappa shape index (κ3) is 4.14. The molecule has 4 nitrogen and oxygen atoms in total. The van der Waals surface area contributed by atoms with Crippen molar-refractivity contribution in [1.29, 1.82) is 0 Å². The molecule has 0 radical (unpaired) electrons. The topological polar surface area (TPSA) is 58.6 Å². The summed E-state index contributed by atoms with van der Waals surface area (Å²) in [6.45, 7) is 2.14. The highest BCUT2D eigenvalue weighted by atomic mass is 19.2. The second-order valence-corrected chi connectivity index (χ2v) is 6.14. The lowest BCUT2D eigenvalue weighted by molar-refractivity contribution is 0.0950. The average Bonchev–Trinajstić information content (AvgIpc) is 3.12. The van der Waals surface area contributed by atoms with Crippen LogP contribution in [-0.2, 0) is 4.74 Å². The molecule has 0 unspecified atom stereocenters. The molecule has 1 fully saturated rings. The van der Waals surface area contributed by atoms with E-state index in [4.69, 9.17) is 4.74 Å². The summed E-state index contributed by atoms with van der Waals surface area (Å²) in [4.78, 5) is 12.1. The molecule has 0 spiro atoms. The minimum atomic E-state index is -1.27. The fourth-order valence-electron chi connectivity index (χ4n) is 2.86. The minimum absolute atomic E-state index is 0.182. The van der Waals surface area contributed by atoms with Crippen LogP contribution in [0.5, 0.6) is 5.75 Å². The molecule has 1 aliphatic heterocycles. The van der Waals surface area contributed by atoms with Crippen LogP contribution in [0.1, 0.15) is 23.2 Å². The monoisotopic (exact) mass is 347 g/mol. The van der Waals surface area contributed by atoms with Crippen molar-refractivity contribution in [2.75, 3.05) is 19.8 Å². The van der Waals surface area contributed by atoms with Crippen LogP contribution in [0.2, 0.25) is 0 Å². The second kappa shape index (κ2) is 7.61. The van der Waals surface area contributed by atoms with Crippen LogP contribution < -0.4 is 5.32 Å². The van der Waals surface area contributed by atoms with Crippen molar-refractivity contribution in [1.82, 2.24) is 5.32 Å². The van der Waals surface area contributed by atoms with Crippen LogP contribution in [-0.4, -0.2) is 30.8 Å². The van der Waals surface area contributed by atoms with Crippen molar-refractivity contribution in [3.05, 3.63) is 53.6 Å². The molecule has 0 saturated carbocycles. The molecule has 0 bridgehead atoms. The first-order chi connectivity index (χ1) is 12.0. The highest BCUT2D eigenvalue weighted by Crippen LogP contribution is 2.28. The van der Waals surface area contributed by atoms with Gasteiger partial charge in [0.25, 0.3) is 5.91 Å². The van der Waals surface area contributed by atoms with Gasteiger partial charge in [0.05, 0.1) is 0 Å². The van der Waals surface area contributed by atoms with Crippen molar-refractivity contribution >= 4 is 5.91 Å². The molecule has 2 aromatic rings. The smallest absolute Gasteiger partial charge is 0.251 e. The van der Waals surface area contributed by atoms with Gasteiger partial charge >= 0.3 is 0 Å². The Hall–Kier alpha value is -2.47. The van der Waals surface area contributed by atoms with Crippen molar-refractivity contribution < 1.29 is 23.4 Å². The largest absolute Gasteiger partial charge is 0.505 e. The van der Waals surface area contributed by atoms with Gasteiger partial charge in [-0.05, 0) is 54.2 Å². The van der Waals surface area contributed by atoms with E-state index in [2.05, 4.69) is 5.32 Å². The van der Waals surface area contributed by atoms with E-state index in [1.54, 1.807) is 24.3 Å². The molecular formula is C19H19F2NO3. The van der Waals surface area contributed by atoms with Gasteiger partial charge in [-0.25, -0.2) is 4.39 Å². The molecule has 2 aromatic carbocycles. The van der Waals surface area contributed by atoms with E-state index >= 15 is 0 Å². The molecule has 1 aliphatic rings. The summed E-state index contributed by atoms with van der Waals surface area (Å²) in [7, 11) is 0. The lowest BCUT2D eigenvalue weighted by Crippen LogP contribution is -2.26. The van der Waals surface area contributed by atoms with Crippen LogP contribution in [0.4, 0.5) is 8.78 Å². The number of rotatable bonds is 5. The Labute approximate surface area is 144 Å². The van der Waals surface area contributed by atoms with Crippen molar-refractivity contribution in [2.24, 2.45) is 5.92 Å². The maximum atomic E-state index is 13.4. The fourth-order valence-corrected chi connectivity index (χ4v) is 2.86. The summed E-state index contributed by atoms with van der Waals surface area (Å²) in [6, 6.07) is 8.64. The Morgan fingerprint density at radius 2 is 1.96 bits per heavy atom. The second-order valence-electron chi connectivity index (χ2n) is 6.14. The quantitative estimate of drug-likeness (QED) is 0.870. The fraction of sp³-hybridized carbons (Fsp3) is 0.316. The van der Waals surface area contributed by atoms with Crippen LogP contribution in [0.25, 0.3) is 11.1 Å². The summed E-state index contributed by atoms with van der Waals surface area (Å²) in [6.07, 6.45) is 1.92. The zero-order valence-corrected chi connectivity index (χ0v) is 13.6. The summed E-state index contributed by atoms with van der Waals surface area (Å²) in [5.74, 6) is -2.81. The minimum Gasteiger partial charge on any atom is -0.505 e. The predicted octanol–water partition coefficient (Wildman–Crippen LogP) is 3.49. The average molecular weight is 347 g/mol. The molecule has 0 aliphatic carbocycles. The van der Waals surface area contributed by atoms with Gasteiger partial charge in [0.15, 0.2) is 17.4 Å².